The molecule has 0 aromatic heterocycles. The standard InChI is InChI=1S/C14H16O6/c1-17-13(15)11-9-5-19-3-7(9)8-4-20-6-10(8)12(11)14(16)18-2/h7-8H,3-6H2,1-2H3/t7-,8-/m1/s1. The quantitative estimate of drug-likeness (QED) is 0.674. The second-order valence-corrected chi connectivity index (χ2v) is 5.03. The van der Waals surface area contributed by atoms with E-state index < -0.39 is 11.9 Å². The third kappa shape index (κ3) is 1.79. The Morgan fingerprint density at radius 3 is 1.65 bits per heavy atom. The third-order valence-electron chi connectivity index (χ3n) is 4.16. The molecule has 0 radical (unpaired) electrons. The van der Waals surface area contributed by atoms with E-state index in [4.69, 9.17) is 18.9 Å². The van der Waals surface area contributed by atoms with Gasteiger partial charge in [0.1, 0.15) is 0 Å². The molecule has 3 aliphatic rings. The molecule has 0 amide bonds. The topological polar surface area (TPSA) is 71.1 Å². The van der Waals surface area contributed by atoms with E-state index in [-0.39, 0.29) is 11.8 Å². The summed E-state index contributed by atoms with van der Waals surface area (Å²) in [6, 6.07) is 0. The summed E-state index contributed by atoms with van der Waals surface area (Å²) in [5, 5.41) is 0. The summed E-state index contributed by atoms with van der Waals surface area (Å²) >= 11 is 0. The Kier molecular flexibility index (Phi) is 3.35. The van der Waals surface area contributed by atoms with Crippen LogP contribution in [0.25, 0.3) is 0 Å². The molecule has 0 aromatic carbocycles. The van der Waals surface area contributed by atoms with E-state index >= 15 is 0 Å². The molecule has 0 spiro atoms. The molecular formula is C14H16O6. The first-order valence-corrected chi connectivity index (χ1v) is 6.47. The molecule has 0 bridgehead atoms. The van der Waals surface area contributed by atoms with Crippen molar-refractivity contribution in [1.82, 2.24) is 0 Å². The number of fused-ring (bicyclic) bond motifs is 3. The van der Waals surface area contributed by atoms with E-state index in [2.05, 4.69) is 0 Å². The number of hydrogen-bond donors (Lipinski definition) is 0. The van der Waals surface area contributed by atoms with Crippen LogP contribution in [0.15, 0.2) is 22.3 Å². The SMILES string of the molecule is COC(=O)C1=C2COC[C@@H]2[C@H]2COCC2=C1C(=O)OC. The van der Waals surface area contributed by atoms with Crippen molar-refractivity contribution in [3.63, 3.8) is 0 Å². The lowest BCUT2D eigenvalue weighted by atomic mass is 9.74. The monoisotopic (exact) mass is 280 g/mol. The average Bonchev–Trinajstić information content (AvgIpc) is 3.11. The maximum absolute atomic E-state index is 12.1. The molecule has 2 aliphatic heterocycles. The Morgan fingerprint density at radius 2 is 1.30 bits per heavy atom. The van der Waals surface area contributed by atoms with Crippen LogP contribution < -0.4 is 0 Å². The van der Waals surface area contributed by atoms with Crippen molar-refractivity contribution >= 4 is 11.9 Å². The van der Waals surface area contributed by atoms with Gasteiger partial charge in [0.05, 0.1) is 51.8 Å². The van der Waals surface area contributed by atoms with E-state index in [9.17, 15) is 9.59 Å². The van der Waals surface area contributed by atoms with E-state index in [1.54, 1.807) is 0 Å². The first-order valence-electron chi connectivity index (χ1n) is 6.47. The van der Waals surface area contributed by atoms with Crippen LogP contribution in [-0.2, 0) is 28.5 Å². The molecule has 20 heavy (non-hydrogen) atoms. The maximum atomic E-state index is 12.1. The Hall–Kier alpha value is -1.66. The van der Waals surface area contributed by atoms with Gasteiger partial charge in [-0.25, -0.2) is 9.59 Å². The van der Waals surface area contributed by atoms with Gasteiger partial charge >= 0.3 is 11.9 Å². The van der Waals surface area contributed by atoms with Crippen molar-refractivity contribution < 1.29 is 28.5 Å². The van der Waals surface area contributed by atoms with Gasteiger partial charge in [-0.2, -0.15) is 0 Å². The number of carbonyl (C=O) groups is 2. The summed E-state index contributed by atoms with van der Waals surface area (Å²) in [6.07, 6.45) is 0. The zero-order valence-electron chi connectivity index (χ0n) is 11.4. The molecular weight excluding hydrogens is 264 g/mol. The smallest absolute Gasteiger partial charge is 0.338 e. The van der Waals surface area contributed by atoms with E-state index in [0.717, 1.165) is 11.1 Å². The summed E-state index contributed by atoms with van der Waals surface area (Å²) in [7, 11) is 2.61. The average molecular weight is 280 g/mol. The molecule has 0 aromatic rings. The van der Waals surface area contributed by atoms with Gasteiger partial charge in [-0.1, -0.05) is 0 Å². The highest BCUT2D eigenvalue weighted by molar-refractivity contribution is 6.08. The van der Waals surface area contributed by atoms with Gasteiger partial charge in [-0.05, 0) is 11.1 Å². The molecule has 1 aliphatic carbocycles. The molecule has 6 nitrogen and oxygen atoms in total. The van der Waals surface area contributed by atoms with Crippen molar-refractivity contribution in [2.45, 2.75) is 0 Å². The fourth-order valence-electron chi connectivity index (χ4n) is 3.23. The lowest BCUT2D eigenvalue weighted by Gasteiger charge is -2.28. The van der Waals surface area contributed by atoms with Crippen LogP contribution >= 0.6 is 0 Å². The highest BCUT2D eigenvalue weighted by Crippen LogP contribution is 2.45. The van der Waals surface area contributed by atoms with Crippen LogP contribution in [0, 0.1) is 11.8 Å². The number of rotatable bonds is 2. The largest absolute Gasteiger partial charge is 0.465 e. The van der Waals surface area contributed by atoms with Crippen molar-refractivity contribution in [1.29, 1.82) is 0 Å². The second kappa shape index (κ2) is 5.03. The van der Waals surface area contributed by atoms with Crippen molar-refractivity contribution in [2.75, 3.05) is 40.6 Å². The predicted molar refractivity (Wildman–Crippen MR) is 66.7 cm³/mol. The maximum Gasteiger partial charge on any atom is 0.338 e. The van der Waals surface area contributed by atoms with Gasteiger partial charge in [0.2, 0.25) is 0 Å². The van der Waals surface area contributed by atoms with E-state index in [1.165, 1.54) is 14.2 Å². The minimum atomic E-state index is -0.520. The van der Waals surface area contributed by atoms with E-state index in [1.807, 2.05) is 0 Å². The Bertz CT molecular complexity index is 482. The summed E-state index contributed by atoms with van der Waals surface area (Å²) in [5.74, 6) is -0.854. The molecule has 0 N–H and O–H groups in total. The van der Waals surface area contributed by atoms with Gasteiger partial charge in [0.25, 0.3) is 0 Å². The van der Waals surface area contributed by atoms with Crippen LogP contribution in [0.4, 0.5) is 0 Å². The van der Waals surface area contributed by atoms with Crippen molar-refractivity contribution in [2.24, 2.45) is 11.8 Å². The summed E-state index contributed by atoms with van der Waals surface area (Å²) in [4.78, 5) is 24.2. The number of ether oxygens (including phenoxy) is 4. The van der Waals surface area contributed by atoms with E-state index in [0.29, 0.717) is 37.6 Å². The third-order valence-corrected chi connectivity index (χ3v) is 4.16. The molecule has 6 heteroatoms. The van der Waals surface area contributed by atoms with Gasteiger partial charge in [0, 0.05) is 11.8 Å². The van der Waals surface area contributed by atoms with Crippen molar-refractivity contribution in [3.05, 3.63) is 22.3 Å². The predicted octanol–water partition coefficient (Wildman–Crippen LogP) is 0.232. The fourth-order valence-corrected chi connectivity index (χ4v) is 3.23. The van der Waals surface area contributed by atoms with Gasteiger partial charge in [-0.15, -0.1) is 0 Å². The molecule has 0 unspecified atom stereocenters. The summed E-state index contributed by atoms with van der Waals surface area (Å²) in [6.45, 7) is 1.78. The van der Waals surface area contributed by atoms with Crippen LogP contribution in [0.1, 0.15) is 0 Å². The minimum Gasteiger partial charge on any atom is -0.465 e. The number of esters is 2. The zero-order chi connectivity index (χ0) is 14.3. The second-order valence-electron chi connectivity index (χ2n) is 5.03. The lowest BCUT2D eigenvalue weighted by molar-refractivity contribution is -0.139. The molecule has 3 rings (SSSR count). The fraction of sp³-hybridized carbons (Fsp3) is 0.571. The Balaban J connectivity index is 2.18. The van der Waals surface area contributed by atoms with Gasteiger partial charge < -0.3 is 18.9 Å². The highest BCUT2D eigenvalue weighted by atomic mass is 16.5. The lowest BCUT2D eigenvalue weighted by Crippen LogP contribution is -2.30. The molecule has 2 saturated heterocycles. The van der Waals surface area contributed by atoms with Crippen molar-refractivity contribution in [3.8, 4) is 0 Å². The molecule has 2 heterocycles. The zero-order valence-corrected chi connectivity index (χ0v) is 11.4. The molecule has 0 saturated carbocycles. The molecule has 2 fully saturated rings. The highest BCUT2D eigenvalue weighted by Gasteiger charge is 2.46. The van der Waals surface area contributed by atoms with Crippen LogP contribution in [-0.4, -0.2) is 52.6 Å². The van der Waals surface area contributed by atoms with Crippen LogP contribution in [0.2, 0.25) is 0 Å². The molecule has 2 atom stereocenters. The normalized spacial score (nSPS) is 28.3. The first-order chi connectivity index (χ1) is 9.69. The number of hydrogen-bond acceptors (Lipinski definition) is 6. The number of methoxy groups -OCH3 is 2. The Labute approximate surface area is 116 Å². The molecule has 108 valence electrons. The Morgan fingerprint density at radius 1 is 0.900 bits per heavy atom. The van der Waals surface area contributed by atoms with Crippen LogP contribution in [0.3, 0.4) is 0 Å². The summed E-state index contributed by atoms with van der Waals surface area (Å²) in [5.41, 5.74) is 2.27. The van der Waals surface area contributed by atoms with Gasteiger partial charge in [0.15, 0.2) is 0 Å². The number of carbonyl (C=O) groups excluding carboxylic acids is 2. The minimum absolute atomic E-state index is 0.0926. The first kappa shape index (κ1) is 13.3. The van der Waals surface area contributed by atoms with Gasteiger partial charge in [-0.3, -0.25) is 0 Å². The van der Waals surface area contributed by atoms with Crippen LogP contribution in [0.5, 0.6) is 0 Å². The summed E-state index contributed by atoms with van der Waals surface area (Å²) < 4.78 is 20.6.